The summed E-state index contributed by atoms with van der Waals surface area (Å²) in [7, 11) is 1.58. The molecular weight excluding hydrogens is 319 g/mol. The van der Waals surface area contributed by atoms with Crippen molar-refractivity contribution in [3.05, 3.63) is 50.7 Å². The molecule has 1 aromatic heterocycles. The van der Waals surface area contributed by atoms with Gasteiger partial charge in [-0.2, -0.15) is 0 Å². The summed E-state index contributed by atoms with van der Waals surface area (Å²) >= 11 is 18.0. The minimum Gasteiger partial charge on any atom is -0.495 e. The van der Waals surface area contributed by atoms with Crippen LogP contribution in [0.4, 0.5) is 5.69 Å². The normalized spacial score (nSPS) is 10.4. The molecule has 0 aliphatic rings. The van der Waals surface area contributed by atoms with E-state index in [9.17, 15) is 0 Å². The first kappa shape index (κ1) is 15.2. The lowest BCUT2D eigenvalue weighted by atomic mass is 10.2. The van der Waals surface area contributed by atoms with E-state index in [0.29, 0.717) is 27.6 Å². The zero-order valence-corrected chi connectivity index (χ0v) is 13.3. The molecule has 2 rings (SSSR count). The van der Waals surface area contributed by atoms with Crippen molar-refractivity contribution in [3.8, 4) is 5.75 Å². The zero-order valence-electron chi connectivity index (χ0n) is 11.0. The molecule has 0 amide bonds. The van der Waals surface area contributed by atoms with E-state index in [1.807, 2.05) is 25.1 Å². The smallest absolute Gasteiger partial charge is 0.154 e. The lowest BCUT2D eigenvalue weighted by Crippen LogP contribution is -2.03. The van der Waals surface area contributed by atoms with Gasteiger partial charge in [0, 0.05) is 6.54 Å². The number of anilines is 1. The van der Waals surface area contributed by atoms with Crippen LogP contribution in [0.25, 0.3) is 0 Å². The van der Waals surface area contributed by atoms with E-state index in [4.69, 9.17) is 39.5 Å². The minimum atomic E-state index is 0.356. The minimum absolute atomic E-state index is 0.356. The molecule has 0 unspecified atom stereocenters. The number of hydrogen-bond donors (Lipinski definition) is 1. The molecule has 0 saturated carbocycles. The molecule has 6 heteroatoms. The summed E-state index contributed by atoms with van der Waals surface area (Å²) in [5, 5.41) is 4.55. The Morgan fingerprint density at radius 3 is 2.55 bits per heavy atom. The van der Waals surface area contributed by atoms with Gasteiger partial charge in [0.05, 0.1) is 17.8 Å². The number of nitrogens with one attached hydrogen (secondary N) is 1. The van der Waals surface area contributed by atoms with Gasteiger partial charge in [-0.05, 0) is 36.2 Å². The first-order chi connectivity index (χ1) is 9.51. The van der Waals surface area contributed by atoms with Crippen molar-refractivity contribution in [2.75, 3.05) is 12.4 Å². The monoisotopic (exact) mass is 330 g/mol. The van der Waals surface area contributed by atoms with Crippen LogP contribution in [-0.2, 0) is 6.54 Å². The van der Waals surface area contributed by atoms with E-state index in [1.54, 1.807) is 13.2 Å². The molecule has 0 saturated heterocycles. The third-order valence-electron chi connectivity index (χ3n) is 2.83. The van der Waals surface area contributed by atoms with Gasteiger partial charge in [0.1, 0.15) is 10.9 Å². The number of hydrogen-bond acceptors (Lipinski definition) is 3. The van der Waals surface area contributed by atoms with Crippen LogP contribution in [-0.4, -0.2) is 12.1 Å². The number of aryl methyl sites for hydroxylation is 1. The first-order valence-electron chi connectivity index (χ1n) is 5.90. The van der Waals surface area contributed by atoms with Crippen LogP contribution in [0.15, 0.2) is 24.3 Å². The maximum Gasteiger partial charge on any atom is 0.154 e. The zero-order chi connectivity index (χ0) is 14.7. The van der Waals surface area contributed by atoms with E-state index in [1.165, 1.54) is 0 Å². The van der Waals surface area contributed by atoms with Gasteiger partial charge >= 0.3 is 0 Å². The van der Waals surface area contributed by atoms with E-state index < -0.39 is 0 Å². The highest BCUT2D eigenvalue weighted by molar-refractivity contribution is 6.34. The van der Waals surface area contributed by atoms with E-state index >= 15 is 0 Å². The number of nitrogens with zero attached hydrogens (tertiary/aromatic N) is 1. The van der Waals surface area contributed by atoms with Crippen molar-refractivity contribution >= 4 is 40.5 Å². The fourth-order valence-electron chi connectivity index (χ4n) is 1.82. The van der Waals surface area contributed by atoms with Crippen LogP contribution in [0.1, 0.15) is 11.1 Å². The molecule has 0 aliphatic heterocycles. The van der Waals surface area contributed by atoms with Crippen LogP contribution >= 0.6 is 34.8 Å². The van der Waals surface area contributed by atoms with Crippen molar-refractivity contribution in [3.63, 3.8) is 0 Å². The topological polar surface area (TPSA) is 34.1 Å². The van der Waals surface area contributed by atoms with Crippen molar-refractivity contribution < 1.29 is 4.74 Å². The summed E-state index contributed by atoms with van der Waals surface area (Å²) in [6, 6.07) is 7.37. The molecule has 0 fully saturated rings. The second-order valence-electron chi connectivity index (χ2n) is 4.25. The van der Waals surface area contributed by atoms with Gasteiger partial charge in [-0.3, -0.25) is 0 Å². The largest absolute Gasteiger partial charge is 0.495 e. The Labute approximate surface area is 132 Å². The fraction of sp³-hybridized carbons (Fsp3) is 0.214. The van der Waals surface area contributed by atoms with Gasteiger partial charge in [-0.25, -0.2) is 4.98 Å². The average Bonchev–Trinajstić information content (AvgIpc) is 2.37. The predicted molar refractivity (Wildman–Crippen MR) is 84.3 cm³/mol. The van der Waals surface area contributed by atoms with Gasteiger partial charge in [-0.1, -0.05) is 40.9 Å². The van der Waals surface area contributed by atoms with Crippen molar-refractivity contribution in [2.45, 2.75) is 13.5 Å². The summed E-state index contributed by atoms with van der Waals surface area (Å²) < 4.78 is 5.12. The lowest BCUT2D eigenvalue weighted by molar-refractivity contribution is 0.415. The summed E-state index contributed by atoms with van der Waals surface area (Å²) in [6.07, 6.45) is 0. The maximum atomic E-state index is 6.09. The molecule has 20 heavy (non-hydrogen) atoms. The molecule has 0 spiro atoms. The second kappa shape index (κ2) is 6.53. The highest BCUT2D eigenvalue weighted by Crippen LogP contribution is 2.28. The van der Waals surface area contributed by atoms with Crippen LogP contribution in [0, 0.1) is 6.92 Å². The molecule has 0 atom stereocenters. The number of aromatic nitrogens is 1. The number of benzene rings is 1. The van der Waals surface area contributed by atoms with Gasteiger partial charge in [0.2, 0.25) is 0 Å². The Bertz CT molecular complexity index is 609. The highest BCUT2D eigenvalue weighted by atomic mass is 35.5. The molecule has 106 valence electrons. The molecular formula is C14H13Cl3N2O. The van der Waals surface area contributed by atoms with Crippen molar-refractivity contribution in [1.82, 2.24) is 4.98 Å². The van der Waals surface area contributed by atoms with Crippen molar-refractivity contribution in [1.29, 1.82) is 0 Å². The predicted octanol–water partition coefficient (Wildman–Crippen LogP) is 4.97. The highest BCUT2D eigenvalue weighted by Gasteiger charge is 2.08. The third kappa shape index (κ3) is 3.48. The molecule has 1 heterocycles. The Kier molecular flexibility index (Phi) is 4.97. The molecule has 1 N–H and O–H groups in total. The van der Waals surface area contributed by atoms with Gasteiger partial charge in [0.15, 0.2) is 5.15 Å². The number of methoxy groups -OCH3 is 1. The Balaban J connectivity index is 2.15. The summed E-state index contributed by atoms with van der Waals surface area (Å²) in [6.45, 7) is 2.50. The van der Waals surface area contributed by atoms with Crippen LogP contribution in [0.5, 0.6) is 5.75 Å². The summed E-state index contributed by atoms with van der Waals surface area (Å²) in [5.41, 5.74) is 2.72. The van der Waals surface area contributed by atoms with Crippen molar-refractivity contribution in [2.24, 2.45) is 0 Å². The molecule has 3 nitrogen and oxygen atoms in total. The molecule has 2 aromatic rings. The van der Waals surface area contributed by atoms with Crippen LogP contribution in [0.3, 0.4) is 0 Å². The SMILES string of the molecule is COc1ccc(CNc2c(C)cc(Cl)nc2Cl)cc1Cl. The first-order valence-corrected chi connectivity index (χ1v) is 7.03. The molecule has 0 radical (unpaired) electrons. The van der Waals surface area contributed by atoms with Crippen LogP contribution in [0.2, 0.25) is 15.3 Å². The average molecular weight is 332 g/mol. The summed E-state index contributed by atoms with van der Waals surface area (Å²) in [4.78, 5) is 4.01. The van der Waals surface area contributed by atoms with Gasteiger partial charge in [0.25, 0.3) is 0 Å². The number of ether oxygens (including phenoxy) is 1. The third-order valence-corrected chi connectivity index (χ3v) is 3.59. The lowest BCUT2D eigenvalue weighted by Gasteiger charge is -2.12. The van der Waals surface area contributed by atoms with Gasteiger partial charge in [-0.15, -0.1) is 0 Å². The van der Waals surface area contributed by atoms with Crippen LogP contribution < -0.4 is 10.1 Å². The molecule has 1 aromatic carbocycles. The van der Waals surface area contributed by atoms with E-state index in [-0.39, 0.29) is 0 Å². The molecule has 0 aliphatic carbocycles. The van der Waals surface area contributed by atoms with E-state index in [2.05, 4.69) is 10.3 Å². The standard InChI is InChI=1S/C14H13Cl3N2O/c1-8-5-12(16)19-14(17)13(8)18-7-9-3-4-11(20-2)10(15)6-9/h3-6,18H,7H2,1-2H3. The second-order valence-corrected chi connectivity index (χ2v) is 5.40. The summed E-state index contributed by atoms with van der Waals surface area (Å²) in [5.74, 6) is 0.651. The van der Waals surface area contributed by atoms with Gasteiger partial charge < -0.3 is 10.1 Å². The number of rotatable bonds is 4. The Hall–Kier alpha value is -1.16. The maximum absolute atomic E-state index is 6.09. The number of halogens is 3. The number of pyridine rings is 1. The Morgan fingerprint density at radius 1 is 1.20 bits per heavy atom. The fourth-order valence-corrected chi connectivity index (χ4v) is 2.70. The molecule has 0 bridgehead atoms. The Morgan fingerprint density at radius 2 is 1.95 bits per heavy atom. The quantitative estimate of drug-likeness (QED) is 0.803. The van der Waals surface area contributed by atoms with E-state index in [0.717, 1.165) is 16.8 Å².